The molecule has 0 N–H and O–H groups in total. The van der Waals surface area contributed by atoms with Crippen LogP contribution in [0.25, 0.3) is 10.9 Å². The Morgan fingerprint density at radius 3 is 2.57 bits per heavy atom. The fraction of sp³-hybridized carbons (Fsp3) is 0.391. The third kappa shape index (κ3) is 5.50. The van der Waals surface area contributed by atoms with Crippen LogP contribution in [0.1, 0.15) is 23.2 Å². The van der Waals surface area contributed by atoms with Gasteiger partial charge >= 0.3 is 0 Å². The Labute approximate surface area is 168 Å². The molecular formula is C23H30N4O. The highest BCUT2D eigenvalue weighted by Gasteiger charge is 2.14. The zero-order chi connectivity index (χ0) is 19.9. The van der Waals surface area contributed by atoms with Crippen molar-refractivity contribution in [2.24, 2.45) is 0 Å². The van der Waals surface area contributed by atoms with Crippen molar-refractivity contribution in [3.8, 4) is 5.88 Å². The Morgan fingerprint density at radius 1 is 1.00 bits per heavy atom. The van der Waals surface area contributed by atoms with Gasteiger partial charge in [-0.2, -0.15) is 0 Å². The van der Waals surface area contributed by atoms with E-state index in [0.29, 0.717) is 5.88 Å². The molecule has 0 aliphatic rings. The molecule has 2 aromatic heterocycles. The predicted octanol–water partition coefficient (Wildman–Crippen LogP) is 3.90. The van der Waals surface area contributed by atoms with E-state index in [-0.39, 0.29) is 0 Å². The number of pyridine rings is 2. The molecule has 0 saturated carbocycles. The van der Waals surface area contributed by atoms with Crippen LogP contribution in [0.4, 0.5) is 0 Å². The summed E-state index contributed by atoms with van der Waals surface area (Å²) in [6.45, 7) is 5.73. The van der Waals surface area contributed by atoms with E-state index < -0.39 is 0 Å². The molecule has 0 aliphatic heterocycles. The molecule has 0 atom stereocenters. The molecule has 0 radical (unpaired) electrons. The molecule has 0 amide bonds. The average molecular weight is 379 g/mol. The molecular weight excluding hydrogens is 348 g/mol. The molecule has 3 aromatic rings. The van der Waals surface area contributed by atoms with E-state index in [2.05, 4.69) is 66.1 Å². The first kappa shape index (κ1) is 20.2. The normalized spacial score (nSPS) is 11.5. The van der Waals surface area contributed by atoms with Gasteiger partial charge in [-0.15, -0.1) is 0 Å². The molecule has 5 nitrogen and oxygen atoms in total. The summed E-state index contributed by atoms with van der Waals surface area (Å²) in [4.78, 5) is 13.9. The standard InChI is InChI=1S/C23H30N4O/c1-18-9-10-19-15-20(23(28-4)25-22(19)14-18)16-27(13-7-12-26(2)3)17-21-8-5-6-11-24-21/h5-6,8-11,14-15H,7,12-13,16-17H2,1-4H3. The lowest BCUT2D eigenvalue weighted by Gasteiger charge is -2.24. The zero-order valence-corrected chi connectivity index (χ0v) is 17.4. The van der Waals surface area contributed by atoms with Crippen molar-refractivity contribution in [1.82, 2.24) is 19.8 Å². The average Bonchev–Trinajstić information content (AvgIpc) is 2.68. The molecule has 1 aromatic carbocycles. The largest absolute Gasteiger partial charge is 0.481 e. The number of aryl methyl sites for hydroxylation is 1. The highest BCUT2D eigenvalue weighted by atomic mass is 16.5. The molecule has 28 heavy (non-hydrogen) atoms. The number of benzene rings is 1. The summed E-state index contributed by atoms with van der Waals surface area (Å²) >= 11 is 0. The maximum atomic E-state index is 5.63. The Hall–Kier alpha value is -2.50. The van der Waals surface area contributed by atoms with Gasteiger partial charge in [0.05, 0.1) is 18.3 Å². The van der Waals surface area contributed by atoms with Crippen molar-refractivity contribution in [2.75, 3.05) is 34.3 Å². The summed E-state index contributed by atoms with van der Waals surface area (Å²) in [5, 5.41) is 1.15. The summed E-state index contributed by atoms with van der Waals surface area (Å²) in [6.07, 6.45) is 2.95. The van der Waals surface area contributed by atoms with Gasteiger partial charge in [-0.1, -0.05) is 18.2 Å². The van der Waals surface area contributed by atoms with Crippen LogP contribution in [0.2, 0.25) is 0 Å². The van der Waals surface area contributed by atoms with Gasteiger partial charge in [-0.05, 0) is 63.8 Å². The van der Waals surface area contributed by atoms with E-state index in [1.54, 1.807) is 7.11 Å². The van der Waals surface area contributed by atoms with Crippen LogP contribution in [0, 0.1) is 6.92 Å². The van der Waals surface area contributed by atoms with Crippen LogP contribution in [-0.2, 0) is 13.1 Å². The lowest BCUT2D eigenvalue weighted by atomic mass is 10.1. The minimum absolute atomic E-state index is 0.705. The van der Waals surface area contributed by atoms with Crippen molar-refractivity contribution < 1.29 is 4.74 Å². The van der Waals surface area contributed by atoms with E-state index in [4.69, 9.17) is 9.72 Å². The van der Waals surface area contributed by atoms with Gasteiger partial charge in [-0.3, -0.25) is 9.88 Å². The number of rotatable bonds is 9. The minimum Gasteiger partial charge on any atom is -0.481 e. The lowest BCUT2D eigenvalue weighted by molar-refractivity contribution is 0.233. The number of nitrogens with zero attached hydrogens (tertiary/aromatic N) is 4. The fourth-order valence-corrected chi connectivity index (χ4v) is 3.38. The molecule has 0 unspecified atom stereocenters. The molecule has 0 spiro atoms. The second-order valence-electron chi connectivity index (χ2n) is 7.54. The topological polar surface area (TPSA) is 41.5 Å². The van der Waals surface area contributed by atoms with Crippen LogP contribution < -0.4 is 4.74 Å². The molecule has 0 aliphatic carbocycles. The van der Waals surface area contributed by atoms with Crippen LogP contribution in [0.3, 0.4) is 0 Å². The number of aromatic nitrogens is 2. The summed E-state index contributed by atoms with van der Waals surface area (Å²) in [5.74, 6) is 0.705. The first-order chi connectivity index (χ1) is 13.5. The molecule has 0 bridgehead atoms. The first-order valence-corrected chi connectivity index (χ1v) is 9.76. The maximum Gasteiger partial charge on any atom is 0.218 e. The minimum atomic E-state index is 0.705. The quantitative estimate of drug-likeness (QED) is 0.565. The first-order valence-electron chi connectivity index (χ1n) is 9.76. The van der Waals surface area contributed by atoms with Crippen molar-refractivity contribution in [1.29, 1.82) is 0 Å². The SMILES string of the molecule is COc1nc2cc(C)ccc2cc1CN(CCCN(C)C)Cc1ccccn1. The zero-order valence-electron chi connectivity index (χ0n) is 17.4. The molecule has 0 fully saturated rings. The predicted molar refractivity (Wildman–Crippen MR) is 115 cm³/mol. The number of hydrogen-bond acceptors (Lipinski definition) is 5. The van der Waals surface area contributed by atoms with E-state index in [1.165, 1.54) is 5.56 Å². The summed E-state index contributed by atoms with van der Waals surface area (Å²) < 4.78 is 5.63. The van der Waals surface area contributed by atoms with Gasteiger partial charge in [-0.25, -0.2) is 4.98 Å². The van der Waals surface area contributed by atoms with E-state index in [0.717, 1.165) is 54.8 Å². The number of fused-ring (bicyclic) bond motifs is 1. The van der Waals surface area contributed by atoms with Crippen molar-refractivity contribution in [3.05, 3.63) is 65.5 Å². The third-order valence-electron chi connectivity index (χ3n) is 4.79. The van der Waals surface area contributed by atoms with Crippen LogP contribution in [0.5, 0.6) is 5.88 Å². The van der Waals surface area contributed by atoms with E-state index in [1.807, 2.05) is 18.3 Å². The smallest absolute Gasteiger partial charge is 0.218 e. The van der Waals surface area contributed by atoms with E-state index >= 15 is 0 Å². The van der Waals surface area contributed by atoms with Crippen molar-refractivity contribution in [2.45, 2.75) is 26.4 Å². The Balaban J connectivity index is 1.84. The summed E-state index contributed by atoms with van der Waals surface area (Å²) in [6, 6.07) is 14.7. The van der Waals surface area contributed by atoms with Crippen LogP contribution in [-0.4, -0.2) is 54.1 Å². The molecule has 3 rings (SSSR count). The summed E-state index contributed by atoms with van der Waals surface area (Å²) in [7, 11) is 5.92. The van der Waals surface area contributed by atoms with Crippen molar-refractivity contribution >= 4 is 10.9 Å². The van der Waals surface area contributed by atoms with Crippen molar-refractivity contribution in [3.63, 3.8) is 0 Å². The van der Waals surface area contributed by atoms with Gasteiger partial charge in [0.15, 0.2) is 0 Å². The Kier molecular flexibility index (Phi) is 6.95. The molecule has 0 saturated heterocycles. The van der Waals surface area contributed by atoms with Gasteiger partial charge < -0.3 is 9.64 Å². The van der Waals surface area contributed by atoms with Crippen LogP contribution in [0.15, 0.2) is 48.7 Å². The number of methoxy groups -OCH3 is 1. The molecule has 2 heterocycles. The summed E-state index contributed by atoms with van der Waals surface area (Å²) in [5.41, 5.74) is 4.37. The number of hydrogen-bond donors (Lipinski definition) is 0. The highest BCUT2D eigenvalue weighted by molar-refractivity contribution is 5.80. The van der Waals surface area contributed by atoms with Gasteiger partial charge in [0.2, 0.25) is 5.88 Å². The second kappa shape index (κ2) is 9.62. The second-order valence-corrected chi connectivity index (χ2v) is 7.54. The van der Waals surface area contributed by atoms with E-state index in [9.17, 15) is 0 Å². The Morgan fingerprint density at radius 2 is 1.86 bits per heavy atom. The molecule has 5 heteroatoms. The lowest BCUT2D eigenvalue weighted by Crippen LogP contribution is -2.27. The number of ether oxygens (including phenoxy) is 1. The van der Waals surface area contributed by atoms with Gasteiger partial charge in [0.1, 0.15) is 0 Å². The third-order valence-corrected chi connectivity index (χ3v) is 4.79. The monoisotopic (exact) mass is 378 g/mol. The fourth-order valence-electron chi connectivity index (χ4n) is 3.38. The van der Waals surface area contributed by atoms with Gasteiger partial charge in [0.25, 0.3) is 0 Å². The highest BCUT2D eigenvalue weighted by Crippen LogP contribution is 2.25. The maximum absolute atomic E-state index is 5.63. The van der Waals surface area contributed by atoms with Gasteiger partial charge in [0, 0.05) is 36.8 Å². The molecule has 148 valence electrons. The Bertz CT molecular complexity index is 896. The van der Waals surface area contributed by atoms with Crippen LogP contribution >= 0.6 is 0 Å².